The zero-order chi connectivity index (χ0) is 13.8. The molecule has 2 heterocycles. The topological polar surface area (TPSA) is 46.3 Å². The summed E-state index contributed by atoms with van der Waals surface area (Å²) in [6.45, 7) is 5.64. The summed E-state index contributed by atoms with van der Waals surface area (Å²) >= 11 is 1.70. The van der Waals surface area contributed by atoms with E-state index in [1.54, 1.807) is 11.3 Å². The molecule has 1 fully saturated rings. The first-order valence-electron chi connectivity index (χ1n) is 7.16. The molecule has 2 atom stereocenters. The lowest BCUT2D eigenvalue weighted by Crippen LogP contribution is -2.39. The minimum Gasteiger partial charge on any atom is -0.335 e. The third-order valence-electron chi connectivity index (χ3n) is 3.85. The lowest BCUT2D eigenvalue weighted by Gasteiger charge is -2.29. The molecule has 1 saturated heterocycles. The summed E-state index contributed by atoms with van der Waals surface area (Å²) < 4.78 is 0. The van der Waals surface area contributed by atoms with Gasteiger partial charge in [-0.15, -0.1) is 0 Å². The molecule has 1 amide bonds. The van der Waals surface area contributed by atoms with E-state index in [0.29, 0.717) is 12.5 Å². The van der Waals surface area contributed by atoms with Crippen LogP contribution in [-0.2, 0) is 4.79 Å². The minimum atomic E-state index is -0.0146. The van der Waals surface area contributed by atoms with Gasteiger partial charge in [0.25, 0.3) is 0 Å². The van der Waals surface area contributed by atoms with Crippen LogP contribution in [0.5, 0.6) is 0 Å². The van der Waals surface area contributed by atoms with Crippen LogP contribution in [0, 0.1) is 11.8 Å². The number of carbonyl (C=O) groups is 1. The van der Waals surface area contributed by atoms with Gasteiger partial charge in [0.1, 0.15) is 0 Å². The maximum atomic E-state index is 12.7. The first kappa shape index (κ1) is 14.5. The Labute approximate surface area is 119 Å². The second-order valence-corrected chi connectivity index (χ2v) is 6.59. The van der Waals surface area contributed by atoms with Crippen molar-refractivity contribution < 1.29 is 4.79 Å². The highest BCUT2D eigenvalue weighted by Crippen LogP contribution is 2.34. The molecule has 1 aromatic rings. The normalized spacial score (nSPS) is 21.1. The Morgan fingerprint density at radius 3 is 2.95 bits per heavy atom. The fraction of sp³-hybridized carbons (Fsp3) is 0.667. The lowest BCUT2D eigenvalue weighted by atomic mass is 9.95. The number of likely N-dealkylation sites (tertiary alicyclic amines) is 1. The molecule has 2 rings (SSSR count). The molecular weight excluding hydrogens is 256 g/mol. The van der Waals surface area contributed by atoms with E-state index in [0.717, 1.165) is 25.8 Å². The largest absolute Gasteiger partial charge is 0.335 e. The Bertz CT molecular complexity index is 402. The van der Waals surface area contributed by atoms with Crippen molar-refractivity contribution in [2.24, 2.45) is 17.6 Å². The van der Waals surface area contributed by atoms with Crippen molar-refractivity contribution in [2.45, 2.75) is 39.2 Å². The van der Waals surface area contributed by atoms with Crippen molar-refractivity contribution in [1.29, 1.82) is 0 Å². The molecule has 106 valence electrons. The van der Waals surface area contributed by atoms with Crippen molar-refractivity contribution in [1.82, 2.24) is 4.90 Å². The fourth-order valence-electron chi connectivity index (χ4n) is 2.94. The Morgan fingerprint density at radius 1 is 1.58 bits per heavy atom. The number of nitrogens with zero attached hydrogens (tertiary/aromatic N) is 1. The maximum absolute atomic E-state index is 12.7. The first-order chi connectivity index (χ1) is 9.13. The van der Waals surface area contributed by atoms with Crippen LogP contribution in [-0.4, -0.2) is 23.9 Å². The number of thiophene rings is 1. The van der Waals surface area contributed by atoms with Gasteiger partial charge in [-0.1, -0.05) is 13.8 Å². The third-order valence-corrected chi connectivity index (χ3v) is 4.55. The summed E-state index contributed by atoms with van der Waals surface area (Å²) in [6.07, 6.45) is 3.08. The molecule has 1 aliphatic rings. The Balaban J connectivity index is 2.08. The van der Waals surface area contributed by atoms with Crippen LogP contribution in [0.2, 0.25) is 0 Å². The van der Waals surface area contributed by atoms with Crippen molar-refractivity contribution in [3.05, 3.63) is 22.4 Å². The molecule has 1 aromatic heterocycles. The number of rotatable bonds is 5. The first-order valence-corrected chi connectivity index (χ1v) is 8.10. The molecule has 0 aliphatic carbocycles. The summed E-state index contributed by atoms with van der Waals surface area (Å²) in [5.74, 6) is 0.754. The Kier molecular flexibility index (Phi) is 4.99. The molecule has 0 radical (unpaired) electrons. The van der Waals surface area contributed by atoms with E-state index >= 15 is 0 Å². The van der Waals surface area contributed by atoms with Gasteiger partial charge in [-0.05, 0) is 47.6 Å². The number of nitrogens with two attached hydrogens (primary N) is 1. The van der Waals surface area contributed by atoms with E-state index in [-0.39, 0.29) is 17.9 Å². The summed E-state index contributed by atoms with van der Waals surface area (Å²) in [5, 5.41) is 4.25. The molecule has 1 aliphatic heterocycles. The predicted molar refractivity (Wildman–Crippen MR) is 80.0 cm³/mol. The molecule has 0 spiro atoms. The van der Waals surface area contributed by atoms with Gasteiger partial charge in [0, 0.05) is 13.1 Å². The summed E-state index contributed by atoms with van der Waals surface area (Å²) in [5.41, 5.74) is 7.10. The van der Waals surface area contributed by atoms with Gasteiger partial charge in [0.05, 0.1) is 12.0 Å². The van der Waals surface area contributed by atoms with Crippen LogP contribution in [0.25, 0.3) is 0 Å². The molecule has 2 unspecified atom stereocenters. The molecule has 0 aromatic carbocycles. The van der Waals surface area contributed by atoms with Crippen LogP contribution in [0.1, 0.15) is 44.7 Å². The summed E-state index contributed by atoms with van der Waals surface area (Å²) in [6, 6.07) is 2.42. The SMILES string of the molecule is CC(C)CC(CN)C(=O)N1CCCC1c1ccsc1. The van der Waals surface area contributed by atoms with E-state index in [9.17, 15) is 4.79 Å². The molecule has 2 N–H and O–H groups in total. The minimum absolute atomic E-state index is 0.0146. The van der Waals surface area contributed by atoms with E-state index < -0.39 is 0 Å². The standard InChI is InChI=1S/C15H24N2OS/c1-11(2)8-13(9-16)15(18)17-6-3-4-14(17)12-5-7-19-10-12/h5,7,10-11,13-14H,3-4,6,8-9,16H2,1-2H3. The Morgan fingerprint density at radius 2 is 2.37 bits per heavy atom. The molecule has 19 heavy (non-hydrogen) atoms. The van der Waals surface area contributed by atoms with E-state index in [1.807, 2.05) is 0 Å². The van der Waals surface area contributed by atoms with Crippen LogP contribution in [0.4, 0.5) is 0 Å². The Hall–Kier alpha value is -0.870. The maximum Gasteiger partial charge on any atom is 0.227 e. The van der Waals surface area contributed by atoms with Gasteiger partial charge in [0.2, 0.25) is 5.91 Å². The lowest BCUT2D eigenvalue weighted by molar-refractivity contribution is -0.136. The summed E-state index contributed by atoms with van der Waals surface area (Å²) in [4.78, 5) is 14.7. The van der Waals surface area contributed by atoms with Crippen LogP contribution in [0.3, 0.4) is 0 Å². The second kappa shape index (κ2) is 6.53. The zero-order valence-electron chi connectivity index (χ0n) is 11.8. The molecule has 0 bridgehead atoms. The number of hydrogen-bond donors (Lipinski definition) is 1. The predicted octanol–water partition coefficient (Wildman–Crippen LogP) is 3.03. The number of hydrogen-bond acceptors (Lipinski definition) is 3. The fourth-order valence-corrected chi connectivity index (χ4v) is 3.65. The highest BCUT2D eigenvalue weighted by molar-refractivity contribution is 7.07. The van der Waals surface area contributed by atoms with Gasteiger partial charge in [0.15, 0.2) is 0 Å². The van der Waals surface area contributed by atoms with Gasteiger partial charge in [-0.2, -0.15) is 11.3 Å². The molecular formula is C15H24N2OS. The second-order valence-electron chi connectivity index (χ2n) is 5.81. The van der Waals surface area contributed by atoms with Crippen LogP contribution < -0.4 is 5.73 Å². The smallest absolute Gasteiger partial charge is 0.227 e. The number of amides is 1. The highest BCUT2D eigenvalue weighted by Gasteiger charge is 2.33. The molecule has 0 saturated carbocycles. The summed E-state index contributed by atoms with van der Waals surface area (Å²) in [7, 11) is 0. The number of carbonyl (C=O) groups excluding carboxylic acids is 1. The quantitative estimate of drug-likeness (QED) is 0.901. The average molecular weight is 280 g/mol. The van der Waals surface area contributed by atoms with Gasteiger partial charge in [-0.3, -0.25) is 4.79 Å². The van der Waals surface area contributed by atoms with Crippen molar-refractivity contribution in [3.63, 3.8) is 0 Å². The third kappa shape index (κ3) is 3.37. The van der Waals surface area contributed by atoms with E-state index in [1.165, 1.54) is 5.56 Å². The van der Waals surface area contributed by atoms with Gasteiger partial charge in [-0.25, -0.2) is 0 Å². The highest BCUT2D eigenvalue weighted by atomic mass is 32.1. The van der Waals surface area contributed by atoms with Crippen molar-refractivity contribution in [3.8, 4) is 0 Å². The van der Waals surface area contributed by atoms with Crippen LogP contribution >= 0.6 is 11.3 Å². The van der Waals surface area contributed by atoms with Crippen LogP contribution in [0.15, 0.2) is 16.8 Å². The van der Waals surface area contributed by atoms with Gasteiger partial charge < -0.3 is 10.6 Å². The van der Waals surface area contributed by atoms with E-state index in [2.05, 4.69) is 35.6 Å². The van der Waals surface area contributed by atoms with Crippen molar-refractivity contribution in [2.75, 3.05) is 13.1 Å². The van der Waals surface area contributed by atoms with E-state index in [4.69, 9.17) is 5.73 Å². The average Bonchev–Trinajstić information content (AvgIpc) is 3.03. The van der Waals surface area contributed by atoms with Gasteiger partial charge >= 0.3 is 0 Å². The zero-order valence-corrected chi connectivity index (χ0v) is 12.7. The van der Waals surface area contributed by atoms with Crippen molar-refractivity contribution >= 4 is 17.2 Å². The monoisotopic (exact) mass is 280 g/mol. The molecule has 3 nitrogen and oxygen atoms in total. The molecule has 4 heteroatoms.